The van der Waals surface area contributed by atoms with Crippen molar-refractivity contribution >= 4 is 127 Å². The summed E-state index contributed by atoms with van der Waals surface area (Å²) in [7, 11) is 3.15. The Bertz CT molecular complexity index is 5350. The van der Waals surface area contributed by atoms with E-state index in [2.05, 4.69) is 131 Å². The number of nitrogens with one attached hydrogen (secondary N) is 11. The van der Waals surface area contributed by atoms with Gasteiger partial charge in [0.05, 0.1) is 57.3 Å². The Labute approximate surface area is 636 Å². The highest BCUT2D eigenvalue weighted by Gasteiger charge is 2.16. The van der Waals surface area contributed by atoms with Crippen LogP contribution in [0.4, 0.5) is 118 Å². The summed E-state index contributed by atoms with van der Waals surface area (Å²) >= 11 is 0. The lowest BCUT2D eigenvalue weighted by molar-refractivity contribution is -0.112. The summed E-state index contributed by atoms with van der Waals surface area (Å²) in [4.78, 5) is 67.8. The molecular formula is C81H71F2N21O7. The molecule has 0 saturated heterocycles. The van der Waals surface area contributed by atoms with Crippen LogP contribution >= 0.6 is 0 Å². The number of nitriles is 2. The summed E-state index contributed by atoms with van der Waals surface area (Å²) in [5.74, 6) is 1.04. The van der Waals surface area contributed by atoms with Gasteiger partial charge in [-0.25, -0.2) is 28.7 Å². The van der Waals surface area contributed by atoms with E-state index in [0.29, 0.717) is 80.2 Å². The first-order valence-electron chi connectivity index (χ1n) is 33.2. The number of hydrogen-bond acceptors (Lipinski definition) is 25. The molecule has 0 aliphatic carbocycles. The van der Waals surface area contributed by atoms with Crippen LogP contribution < -0.4 is 68.0 Å². The average molecular weight is 1490 g/mol. The maximum atomic E-state index is 14.1. The summed E-state index contributed by atoms with van der Waals surface area (Å²) in [5, 5.41) is 69.5. The number of ether oxygens (including phenoxy) is 2. The number of carbonyl (C=O) groups excluding carboxylic acids is 3. The van der Waals surface area contributed by atoms with Crippen LogP contribution in [0.15, 0.2) is 281 Å². The van der Waals surface area contributed by atoms with Gasteiger partial charge in [-0.15, -0.1) is 0 Å². The van der Waals surface area contributed by atoms with E-state index in [1.54, 1.807) is 130 Å². The molecule has 0 fully saturated rings. The Kier molecular flexibility index (Phi) is 28.9. The van der Waals surface area contributed by atoms with E-state index in [9.17, 15) is 38.6 Å². The largest absolute Gasteiger partial charge is 0.497 e. The summed E-state index contributed by atoms with van der Waals surface area (Å²) in [5.41, 5.74) is 8.90. The van der Waals surface area contributed by atoms with E-state index in [1.165, 1.54) is 18.3 Å². The molecule has 4 aromatic heterocycles. The third-order valence-corrected chi connectivity index (χ3v) is 14.8. The van der Waals surface area contributed by atoms with Gasteiger partial charge in [0.2, 0.25) is 41.5 Å². The van der Waals surface area contributed by atoms with Crippen LogP contribution in [0.2, 0.25) is 0 Å². The second kappa shape index (κ2) is 40.5. The monoisotopic (exact) mass is 1490 g/mol. The van der Waals surface area contributed by atoms with Crippen LogP contribution in [0.5, 0.6) is 11.5 Å². The summed E-state index contributed by atoms with van der Waals surface area (Å²) in [6.45, 7) is 13.7. The Morgan fingerprint density at radius 2 is 0.811 bits per heavy atom. The molecule has 0 saturated carbocycles. The normalized spacial score (nSPS) is 10.3. The SMILES string of the molecule is C=C(C#N)C(O)c1ccc(Nc2nc(Nc3ccccc3)ncc2F)cc1.C=CC(=O)Nc1cccc(Nc2nc(Nc3cccc(CO)c3)ncc2F)c1.C=CC(=O)Nc1cccc(Nc2nc(Nc3cccc(OC)c3)ncc2OC)c1.C=CC(=O)Nc1cccc(Nc2nc(Nc3ccccc3)ncc2C#N)c1. The molecule has 12 rings (SSSR count). The number of carbonyl (C=O) groups is 3. The van der Waals surface area contributed by atoms with Crippen molar-refractivity contribution < 1.29 is 42.9 Å². The number of benzene rings is 8. The Morgan fingerprint density at radius 3 is 1.26 bits per heavy atom. The highest BCUT2D eigenvalue weighted by atomic mass is 19.1. The van der Waals surface area contributed by atoms with Crippen molar-refractivity contribution in [1.29, 1.82) is 10.5 Å². The number of methoxy groups -OCH3 is 2. The van der Waals surface area contributed by atoms with E-state index in [1.807, 2.05) is 103 Å². The van der Waals surface area contributed by atoms with E-state index < -0.39 is 17.7 Å². The lowest BCUT2D eigenvalue weighted by atomic mass is 10.0. The second-order valence-electron chi connectivity index (χ2n) is 22.8. The van der Waals surface area contributed by atoms with E-state index >= 15 is 0 Å². The molecule has 1 atom stereocenters. The molecule has 8 aromatic carbocycles. The molecule has 0 radical (unpaired) electrons. The van der Waals surface area contributed by atoms with Gasteiger partial charge in [0, 0.05) is 68.6 Å². The van der Waals surface area contributed by atoms with Crippen molar-refractivity contribution in [2.24, 2.45) is 0 Å². The van der Waals surface area contributed by atoms with E-state index in [-0.39, 0.29) is 53.4 Å². The summed E-state index contributed by atoms with van der Waals surface area (Å²) in [6.07, 6.45) is 7.65. The van der Waals surface area contributed by atoms with Gasteiger partial charge < -0.3 is 78.2 Å². The predicted octanol–water partition coefficient (Wildman–Crippen LogP) is 16.0. The first-order chi connectivity index (χ1) is 53.9. The minimum atomic E-state index is -1.07. The lowest BCUT2D eigenvalue weighted by Crippen LogP contribution is -2.07. The fourth-order valence-electron chi connectivity index (χ4n) is 9.49. The maximum Gasteiger partial charge on any atom is 0.247 e. The van der Waals surface area contributed by atoms with Crippen molar-refractivity contribution in [2.45, 2.75) is 12.7 Å². The molecule has 12 aromatic rings. The molecule has 1 unspecified atom stereocenters. The number of hydrogen-bond donors (Lipinski definition) is 13. The van der Waals surface area contributed by atoms with Crippen LogP contribution in [-0.4, -0.2) is 82.0 Å². The molecule has 13 N–H and O–H groups in total. The lowest BCUT2D eigenvalue weighted by Gasteiger charge is -2.13. The third kappa shape index (κ3) is 24.7. The van der Waals surface area contributed by atoms with Crippen molar-refractivity contribution in [1.82, 2.24) is 39.9 Å². The Balaban J connectivity index is 0.000000170. The smallest absolute Gasteiger partial charge is 0.247 e. The number of rotatable bonds is 27. The molecule has 0 spiro atoms. The summed E-state index contributed by atoms with van der Waals surface area (Å²) in [6, 6.07) is 64.8. The molecule has 111 heavy (non-hydrogen) atoms. The third-order valence-electron chi connectivity index (χ3n) is 14.8. The van der Waals surface area contributed by atoms with Crippen LogP contribution in [0.1, 0.15) is 22.8 Å². The predicted molar refractivity (Wildman–Crippen MR) is 426 cm³/mol. The Morgan fingerprint density at radius 1 is 0.441 bits per heavy atom. The number of anilines is 19. The molecule has 28 nitrogen and oxygen atoms in total. The standard InChI is InChI=1S/C21H21N5O3.C20H18FN5O2.C20H16FN5O.C20H16N6O/c1-4-19(27)23-14-7-5-8-15(11-14)24-20-18(29-3)13-22-21(26-20)25-16-9-6-10-17(12-16)28-2;1-2-18(28)23-15-7-4-8-16(10-15)24-19-17(21)11-22-20(26-19)25-14-6-3-5-13(9-14)12-27;1-13(11-22)18(27)14-7-9-16(10-8-14)24-19-17(21)12-23-20(26-19)25-15-5-3-2-4-6-15;1-2-18(27)23-16-9-6-10-17(11-16)24-19-14(12-21)13-22-20(26-19)25-15-7-4-3-5-8-15/h4-13H,1H2,2-3H3,(H,23,27)(H2,22,24,25,26);2-11,27H,1,12H2,(H,23,28)(H2,22,24,25,26);2-10,12,18,27H,1H2,(H2,23,24,25,26);2-11,13H,1H2,(H,23,27)(H2,22,24,25,26). The van der Waals surface area contributed by atoms with Gasteiger partial charge in [-0.1, -0.05) is 111 Å². The van der Waals surface area contributed by atoms with Crippen LogP contribution in [0.25, 0.3) is 0 Å². The van der Waals surface area contributed by atoms with Gasteiger partial charge in [-0.05, 0) is 145 Å². The van der Waals surface area contributed by atoms with Crippen LogP contribution in [-0.2, 0) is 21.0 Å². The molecule has 556 valence electrons. The minimum absolute atomic E-state index is 0.0122. The Hall–Kier alpha value is -15.8. The molecule has 0 bridgehead atoms. The van der Waals surface area contributed by atoms with Crippen molar-refractivity contribution in [3.63, 3.8) is 0 Å². The maximum absolute atomic E-state index is 14.1. The van der Waals surface area contributed by atoms with E-state index in [4.69, 9.17) is 14.7 Å². The molecule has 0 aliphatic heterocycles. The van der Waals surface area contributed by atoms with Crippen LogP contribution in [0, 0.1) is 34.3 Å². The number of aliphatic hydroxyl groups excluding tert-OH is 2. The van der Waals surface area contributed by atoms with Crippen molar-refractivity contribution in [2.75, 3.05) is 72.7 Å². The zero-order valence-corrected chi connectivity index (χ0v) is 59.4. The first kappa shape index (κ1) is 79.3. The van der Waals surface area contributed by atoms with Crippen molar-refractivity contribution in [3.8, 4) is 23.6 Å². The molecule has 0 aliphatic rings. The zero-order valence-electron chi connectivity index (χ0n) is 59.4. The highest BCUT2D eigenvalue weighted by molar-refractivity contribution is 6.00. The average Bonchev–Trinajstić information content (AvgIpc) is 0.867. The number of aliphatic hydroxyl groups is 2. The minimum Gasteiger partial charge on any atom is -0.497 e. The molecule has 3 amide bonds. The van der Waals surface area contributed by atoms with Gasteiger partial charge in [0.1, 0.15) is 23.5 Å². The zero-order chi connectivity index (χ0) is 78.9. The fourth-order valence-corrected chi connectivity index (χ4v) is 9.49. The number of nitrogens with zero attached hydrogens (tertiary/aromatic N) is 10. The van der Waals surface area contributed by atoms with Gasteiger partial charge >= 0.3 is 0 Å². The van der Waals surface area contributed by atoms with Crippen LogP contribution in [0.3, 0.4) is 0 Å². The van der Waals surface area contributed by atoms with Crippen molar-refractivity contribution in [3.05, 3.63) is 309 Å². The van der Waals surface area contributed by atoms with E-state index in [0.717, 1.165) is 52.5 Å². The number of halogens is 2. The highest BCUT2D eigenvalue weighted by Crippen LogP contribution is 2.31. The molecule has 30 heteroatoms. The number of amides is 3. The first-order valence-corrected chi connectivity index (χ1v) is 33.2. The van der Waals surface area contributed by atoms with Gasteiger partial charge in [-0.3, -0.25) is 14.4 Å². The topological polar surface area (TPSA) is 393 Å². The molecule has 4 heterocycles. The fraction of sp³-hybridized carbons (Fsp3) is 0.0494. The van der Waals surface area contributed by atoms with Gasteiger partial charge in [-0.2, -0.15) is 30.5 Å². The second-order valence-corrected chi connectivity index (χ2v) is 22.8. The summed E-state index contributed by atoms with van der Waals surface area (Å²) < 4.78 is 38.8. The quantitative estimate of drug-likeness (QED) is 0.0168. The number of para-hydroxylation sites is 2. The number of aromatic nitrogens is 8. The molecular weight excluding hydrogens is 1420 g/mol. The van der Waals surface area contributed by atoms with Gasteiger partial charge in [0.25, 0.3) is 0 Å². The van der Waals surface area contributed by atoms with Gasteiger partial charge in [0.15, 0.2) is 40.7 Å².